The molecule has 0 fully saturated rings. The summed E-state index contributed by atoms with van der Waals surface area (Å²) in [6.07, 6.45) is 9.45. The van der Waals surface area contributed by atoms with Crippen LogP contribution in [0.3, 0.4) is 0 Å². The van der Waals surface area contributed by atoms with Gasteiger partial charge in [0.2, 0.25) is 0 Å². The van der Waals surface area contributed by atoms with E-state index in [0.29, 0.717) is 5.82 Å². The Balaban J connectivity index is 1.74. The monoisotopic (exact) mass is 323 g/mol. The Morgan fingerprint density at radius 2 is 2.00 bits per heavy atom. The zero-order chi connectivity index (χ0) is 16.9. The largest absolute Gasteiger partial charge is 0.492 e. The fourth-order valence-corrected chi connectivity index (χ4v) is 2.25. The fraction of sp³-hybridized carbons (Fsp3) is 0.333. The van der Waals surface area contributed by atoms with Crippen LogP contribution in [0, 0.1) is 13.8 Å². The van der Waals surface area contributed by atoms with Crippen molar-refractivity contribution < 1.29 is 4.74 Å². The van der Waals surface area contributed by atoms with Crippen LogP contribution in [0.25, 0.3) is 17.8 Å². The number of fused-ring (bicyclic) bond motifs is 1. The summed E-state index contributed by atoms with van der Waals surface area (Å²) in [6.45, 7) is 6.75. The van der Waals surface area contributed by atoms with Crippen molar-refractivity contribution in [3.05, 3.63) is 47.4 Å². The zero-order valence-electron chi connectivity index (χ0n) is 14.2. The van der Waals surface area contributed by atoms with Crippen LogP contribution in [0.15, 0.2) is 24.5 Å². The van der Waals surface area contributed by atoms with E-state index in [-0.39, 0.29) is 0 Å². The van der Waals surface area contributed by atoms with Gasteiger partial charge in [0, 0.05) is 6.20 Å². The molecular weight excluding hydrogens is 302 g/mol. The molecule has 0 atom stereocenters. The van der Waals surface area contributed by atoms with Gasteiger partial charge in [-0.15, -0.1) is 5.10 Å². The number of hydrogen-bond donors (Lipinski definition) is 0. The second-order valence-corrected chi connectivity index (χ2v) is 5.64. The Kier molecular flexibility index (Phi) is 4.84. The van der Waals surface area contributed by atoms with E-state index in [4.69, 9.17) is 4.74 Å². The third-order valence-electron chi connectivity index (χ3n) is 3.66. The quantitative estimate of drug-likeness (QED) is 0.650. The van der Waals surface area contributed by atoms with Gasteiger partial charge in [-0.2, -0.15) is 0 Å². The van der Waals surface area contributed by atoms with Crippen molar-refractivity contribution in [2.75, 3.05) is 6.61 Å². The lowest BCUT2D eigenvalue weighted by atomic mass is 10.3. The maximum atomic E-state index is 5.61. The molecule has 124 valence electrons. The molecule has 0 saturated carbocycles. The molecule has 0 aliphatic rings. The molecule has 6 heteroatoms. The van der Waals surface area contributed by atoms with E-state index in [2.05, 4.69) is 27.0 Å². The van der Waals surface area contributed by atoms with E-state index in [9.17, 15) is 0 Å². The number of pyridine rings is 1. The van der Waals surface area contributed by atoms with E-state index >= 15 is 0 Å². The van der Waals surface area contributed by atoms with Gasteiger partial charge in [-0.1, -0.05) is 13.3 Å². The standard InChI is InChI=1S/C18H21N5O/c1-4-5-10-24-16-8-6-15(20-12-16)7-9-17-21-18-14(3)19-11-13(2)23(18)22-17/h6-9,11-12H,4-5,10H2,1-3H3/b9-7+. The minimum atomic E-state index is 0.638. The molecule has 3 aromatic heterocycles. The Bertz CT molecular complexity index is 813. The molecule has 0 aliphatic heterocycles. The minimum absolute atomic E-state index is 0.638. The summed E-state index contributed by atoms with van der Waals surface area (Å²) in [5.41, 5.74) is 3.43. The molecule has 0 aromatic carbocycles. The lowest BCUT2D eigenvalue weighted by molar-refractivity contribution is 0.308. The maximum Gasteiger partial charge on any atom is 0.177 e. The summed E-state index contributed by atoms with van der Waals surface area (Å²) in [4.78, 5) is 13.2. The predicted molar refractivity (Wildman–Crippen MR) is 93.8 cm³/mol. The van der Waals surface area contributed by atoms with Crippen molar-refractivity contribution in [3.8, 4) is 5.75 Å². The molecule has 0 N–H and O–H groups in total. The molecule has 3 heterocycles. The van der Waals surface area contributed by atoms with Crippen LogP contribution in [0.2, 0.25) is 0 Å². The van der Waals surface area contributed by atoms with Crippen LogP contribution in [-0.2, 0) is 0 Å². The molecule has 6 nitrogen and oxygen atoms in total. The van der Waals surface area contributed by atoms with Crippen LogP contribution >= 0.6 is 0 Å². The second kappa shape index (κ2) is 7.21. The predicted octanol–water partition coefficient (Wildman–Crippen LogP) is 3.49. The van der Waals surface area contributed by atoms with E-state index in [1.165, 1.54) is 0 Å². The topological polar surface area (TPSA) is 65.2 Å². The molecular formula is C18H21N5O. The Morgan fingerprint density at radius 3 is 2.71 bits per heavy atom. The van der Waals surface area contributed by atoms with Gasteiger partial charge in [-0.25, -0.2) is 9.50 Å². The van der Waals surface area contributed by atoms with Crippen LogP contribution in [0.4, 0.5) is 0 Å². The third kappa shape index (κ3) is 3.59. The van der Waals surface area contributed by atoms with Gasteiger partial charge in [-0.05, 0) is 44.6 Å². The normalized spacial score (nSPS) is 11.5. The first kappa shape index (κ1) is 16.1. The first-order valence-corrected chi connectivity index (χ1v) is 8.13. The van der Waals surface area contributed by atoms with Crippen LogP contribution in [0.5, 0.6) is 5.75 Å². The SMILES string of the molecule is CCCCOc1ccc(/C=C/c2nc3c(C)ncc(C)n3n2)nc1. The van der Waals surface area contributed by atoms with Gasteiger partial charge in [0.15, 0.2) is 11.5 Å². The number of rotatable bonds is 6. The summed E-state index contributed by atoms with van der Waals surface area (Å²) in [7, 11) is 0. The van der Waals surface area contributed by atoms with Crippen LogP contribution < -0.4 is 4.74 Å². The summed E-state index contributed by atoms with van der Waals surface area (Å²) < 4.78 is 7.41. The number of aryl methyl sites for hydroxylation is 2. The summed E-state index contributed by atoms with van der Waals surface area (Å²) in [6, 6.07) is 3.85. The van der Waals surface area contributed by atoms with Gasteiger partial charge in [0.25, 0.3) is 0 Å². The molecule has 0 aliphatic carbocycles. The summed E-state index contributed by atoms with van der Waals surface area (Å²) in [5, 5.41) is 4.48. The summed E-state index contributed by atoms with van der Waals surface area (Å²) in [5.74, 6) is 1.43. The lowest BCUT2D eigenvalue weighted by Gasteiger charge is -2.04. The first-order valence-electron chi connectivity index (χ1n) is 8.13. The van der Waals surface area contributed by atoms with Crippen molar-refractivity contribution in [3.63, 3.8) is 0 Å². The average molecular weight is 323 g/mol. The van der Waals surface area contributed by atoms with Gasteiger partial charge in [-0.3, -0.25) is 9.97 Å². The molecule has 3 aromatic rings. The highest BCUT2D eigenvalue weighted by Gasteiger charge is 2.06. The molecule has 0 amide bonds. The van der Waals surface area contributed by atoms with Crippen molar-refractivity contribution >= 4 is 17.8 Å². The number of hydrogen-bond acceptors (Lipinski definition) is 5. The Morgan fingerprint density at radius 1 is 1.12 bits per heavy atom. The highest BCUT2D eigenvalue weighted by atomic mass is 16.5. The number of aromatic nitrogens is 5. The second-order valence-electron chi connectivity index (χ2n) is 5.64. The van der Waals surface area contributed by atoms with Gasteiger partial charge in [0.1, 0.15) is 5.75 Å². The van der Waals surface area contributed by atoms with Crippen molar-refractivity contribution in [2.45, 2.75) is 33.6 Å². The van der Waals surface area contributed by atoms with E-state index in [1.54, 1.807) is 16.9 Å². The highest BCUT2D eigenvalue weighted by molar-refractivity contribution is 5.65. The highest BCUT2D eigenvalue weighted by Crippen LogP contribution is 2.13. The number of nitrogens with zero attached hydrogens (tertiary/aromatic N) is 5. The lowest BCUT2D eigenvalue weighted by Crippen LogP contribution is -1.97. The van der Waals surface area contributed by atoms with E-state index < -0.39 is 0 Å². The molecule has 24 heavy (non-hydrogen) atoms. The Labute approximate surface area is 141 Å². The number of ether oxygens (including phenoxy) is 1. The fourth-order valence-electron chi connectivity index (χ4n) is 2.25. The molecule has 0 saturated heterocycles. The van der Waals surface area contributed by atoms with E-state index in [0.717, 1.165) is 47.9 Å². The first-order chi connectivity index (χ1) is 11.7. The Hall–Kier alpha value is -2.76. The average Bonchev–Trinajstić information content (AvgIpc) is 3.03. The molecule has 0 spiro atoms. The third-order valence-corrected chi connectivity index (χ3v) is 3.66. The minimum Gasteiger partial charge on any atom is -0.492 e. The van der Waals surface area contributed by atoms with Crippen molar-refractivity contribution in [2.24, 2.45) is 0 Å². The number of unbranched alkanes of at least 4 members (excludes halogenated alkanes) is 1. The molecule has 0 radical (unpaired) electrons. The van der Waals surface area contributed by atoms with Gasteiger partial charge < -0.3 is 4.74 Å². The molecule has 0 bridgehead atoms. The van der Waals surface area contributed by atoms with Crippen molar-refractivity contribution in [1.29, 1.82) is 0 Å². The van der Waals surface area contributed by atoms with Crippen LogP contribution in [-0.4, -0.2) is 31.2 Å². The van der Waals surface area contributed by atoms with Gasteiger partial charge in [0.05, 0.1) is 29.9 Å². The van der Waals surface area contributed by atoms with E-state index in [1.807, 2.05) is 38.1 Å². The maximum absolute atomic E-state index is 5.61. The van der Waals surface area contributed by atoms with Gasteiger partial charge >= 0.3 is 0 Å². The molecule has 0 unspecified atom stereocenters. The summed E-state index contributed by atoms with van der Waals surface area (Å²) >= 11 is 0. The smallest absolute Gasteiger partial charge is 0.177 e. The molecule has 3 rings (SSSR count). The van der Waals surface area contributed by atoms with Crippen molar-refractivity contribution in [1.82, 2.24) is 24.6 Å². The van der Waals surface area contributed by atoms with Crippen LogP contribution in [0.1, 0.15) is 42.7 Å². The zero-order valence-corrected chi connectivity index (χ0v) is 14.2.